The van der Waals surface area contributed by atoms with E-state index >= 15 is 0 Å². The van der Waals surface area contributed by atoms with Gasteiger partial charge in [-0.05, 0) is 19.3 Å². The first kappa shape index (κ1) is 9.96. The minimum absolute atomic E-state index is 0.550. The van der Waals surface area contributed by atoms with Gasteiger partial charge in [0.25, 0.3) is 0 Å². The highest BCUT2D eigenvalue weighted by Crippen LogP contribution is 2.12. The Hall–Kier alpha value is -1.12. The Morgan fingerprint density at radius 2 is 2.15 bits per heavy atom. The highest BCUT2D eigenvalue weighted by atomic mass is 16.1. The van der Waals surface area contributed by atoms with E-state index < -0.39 is 0 Å². The third-order valence-corrected chi connectivity index (χ3v) is 2.18. The van der Waals surface area contributed by atoms with E-state index in [1.807, 2.05) is 18.5 Å². The Morgan fingerprint density at radius 1 is 1.54 bits per heavy atom. The van der Waals surface area contributed by atoms with E-state index in [4.69, 9.17) is 0 Å². The second-order valence-corrected chi connectivity index (χ2v) is 3.77. The average Bonchev–Trinajstić information content (AvgIpc) is 2.31. The zero-order chi connectivity index (χ0) is 10.0. The molecule has 0 atom stereocenters. The largest absolute Gasteiger partial charge is 0.335 e. The zero-order valence-electron chi connectivity index (χ0n) is 8.66. The molecule has 72 valence electrons. The molecule has 0 aliphatic carbocycles. The third kappa shape index (κ3) is 1.97. The summed E-state index contributed by atoms with van der Waals surface area (Å²) in [6.45, 7) is 6.19. The lowest BCUT2D eigenvalue weighted by Gasteiger charge is -2.06. The van der Waals surface area contributed by atoms with E-state index in [0.29, 0.717) is 11.6 Å². The van der Waals surface area contributed by atoms with Gasteiger partial charge in [0.15, 0.2) is 6.29 Å². The normalized spacial score (nSPS) is 10.8. The number of nitrogens with zero attached hydrogens (tertiary/aromatic N) is 2. The number of carbonyl (C=O) groups is 1. The number of imidazole rings is 1. The molecule has 0 bridgehead atoms. The molecule has 0 saturated heterocycles. The molecule has 0 aromatic carbocycles. The van der Waals surface area contributed by atoms with Crippen LogP contribution in [0.3, 0.4) is 0 Å². The Bertz CT molecular complexity index is 313. The Labute approximate surface area is 78.8 Å². The van der Waals surface area contributed by atoms with Gasteiger partial charge in [0.05, 0.1) is 0 Å². The van der Waals surface area contributed by atoms with Gasteiger partial charge in [-0.2, -0.15) is 0 Å². The molecule has 0 aliphatic heterocycles. The summed E-state index contributed by atoms with van der Waals surface area (Å²) >= 11 is 0. The minimum atomic E-state index is 0.550. The Balaban J connectivity index is 3.08. The molecular weight excluding hydrogens is 164 g/mol. The summed E-state index contributed by atoms with van der Waals surface area (Å²) in [5, 5.41) is 0. The van der Waals surface area contributed by atoms with Crippen LogP contribution in [0.4, 0.5) is 0 Å². The number of aldehydes is 1. The lowest BCUT2D eigenvalue weighted by Crippen LogP contribution is -2.04. The van der Waals surface area contributed by atoms with Crippen LogP contribution in [0.1, 0.15) is 35.9 Å². The van der Waals surface area contributed by atoms with Crippen molar-refractivity contribution >= 4 is 6.29 Å². The molecule has 0 unspecified atom stereocenters. The molecule has 3 nitrogen and oxygen atoms in total. The van der Waals surface area contributed by atoms with Crippen molar-refractivity contribution in [2.45, 2.75) is 27.2 Å². The van der Waals surface area contributed by atoms with Crippen LogP contribution < -0.4 is 0 Å². The number of carbonyl (C=O) groups excluding carboxylic acids is 1. The number of aromatic nitrogens is 2. The summed E-state index contributed by atoms with van der Waals surface area (Å²) in [7, 11) is 1.95. The SMILES string of the molecule is Cc1nc(C=O)c(CC(C)C)n1C. The van der Waals surface area contributed by atoms with Crippen LogP contribution in [-0.2, 0) is 13.5 Å². The van der Waals surface area contributed by atoms with Crippen molar-refractivity contribution in [2.24, 2.45) is 13.0 Å². The van der Waals surface area contributed by atoms with E-state index in [9.17, 15) is 4.79 Å². The minimum Gasteiger partial charge on any atom is -0.335 e. The zero-order valence-corrected chi connectivity index (χ0v) is 8.66. The van der Waals surface area contributed by atoms with Gasteiger partial charge in [0, 0.05) is 12.7 Å². The first-order valence-electron chi connectivity index (χ1n) is 4.53. The molecule has 0 aliphatic rings. The quantitative estimate of drug-likeness (QED) is 0.664. The smallest absolute Gasteiger partial charge is 0.170 e. The van der Waals surface area contributed by atoms with Crippen LogP contribution in [0.2, 0.25) is 0 Å². The van der Waals surface area contributed by atoms with Gasteiger partial charge in [-0.25, -0.2) is 4.98 Å². The molecule has 1 heterocycles. The van der Waals surface area contributed by atoms with Gasteiger partial charge in [-0.15, -0.1) is 0 Å². The predicted octanol–water partition coefficient (Wildman–Crippen LogP) is 1.74. The number of hydrogen-bond donors (Lipinski definition) is 0. The van der Waals surface area contributed by atoms with Crippen LogP contribution in [0.5, 0.6) is 0 Å². The summed E-state index contributed by atoms with van der Waals surface area (Å²) in [6, 6.07) is 0. The molecule has 0 spiro atoms. The first-order chi connectivity index (χ1) is 6.06. The highest BCUT2D eigenvalue weighted by Gasteiger charge is 2.12. The summed E-state index contributed by atoms with van der Waals surface area (Å²) in [5.74, 6) is 1.45. The molecule has 0 saturated carbocycles. The predicted molar refractivity (Wildman–Crippen MR) is 51.9 cm³/mol. The Kier molecular flexibility index (Phi) is 2.86. The van der Waals surface area contributed by atoms with Crippen LogP contribution in [0.15, 0.2) is 0 Å². The summed E-state index contributed by atoms with van der Waals surface area (Å²) in [5.41, 5.74) is 1.64. The molecule has 1 rings (SSSR count). The molecule has 3 heteroatoms. The van der Waals surface area contributed by atoms with Crippen molar-refractivity contribution in [3.05, 3.63) is 17.2 Å². The van der Waals surface area contributed by atoms with Crippen molar-refractivity contribution in [1.29, 1.82) is 0 Å². The maximum atomic E-state index is 10.7. The maximum Gasteiger partial charge on any atom is 0.170 e. The monoisotopic (exact) mass is 180 g/mol. The third-order valence-electron chi connectivity index (χ3n) is 2.18. The van der Waals surface area contributed by atoms with Gasteiger partial charge in [0.2, 0.25) is 0 Å². The molecular formula is C10H16N2O. The van der Waals surface area contributed by atoms with Crippen LogP contribution in [0.25, 0.3) is 0 Å². The fourth-order valence-corrected chi connectivity index (χ4v) is 1.40. The van der Waals surface area contributed by atoms with Crippen LogP contribution in [-0.4, -0.2) is 15.8 Å². The average molecular weight is 180 g/mol. The standard InChI is InChI=1S/C10H16N2O/c1-7(2)5-10-9(6-13)11-8(3)12(10)4/h6-7H,5H2,1-4H3. The Morgan fingerprint density at radius 3 is 2.62 bits per heavy atom. The van der Waals surface area contributed by atoms with Crippen LogP contribution in [0, 0.1) is 12.8 Å². The van der Waals surface area contributed by atoms with Gasteiger partial charge >= 0.3 is 0 Å². The number of aryl methyl sites for hydroxylation is 1. The lowest BCUT2D eigenvalue weighted by molar-refractivity contribution is 0.111. The van der Waals surface area contributed by atoms with Crippen molar-refractivity contribution in [3.8, 4) is 0 Å². The number of rotatable bonds is 3. The molecule has 0 N–H and O–H groups in total. The van der Waals surface area contributed by atoms with E-state index in [1.165, 1.54) is 0 Å². The van der Waals surface area contributed by atoms with Gasteiger partial charge in [0.1, 0.15) is 11.5 Å². The van der Waals surface area contributed by atoms with E-state index in [0.717, 1.165) is 24.2 Å². The van der Waals surface area contributed by atoms with E-state index in [-0.39, 0.29) is 0 Å². The van der Waals surface area contributed by atoms with Crippen molar-refractivity contribution < 1.29 is 4.79 Å². The molecule has 13 heavy (non-hydrogen) atoms. The molecule has 1 aromatic rings. The fraction of sp³-hybridized carbons (Fsp3) is 0.600. The van der Waals surface area contributed by atoms with Gasteiger partial charge < -0.3 is 4.57 Å². The van der Waals surface area contributed by atoms with Crippen molar-refractivity contribution in [1.82, 2.24) is 9.55 Å². The van der Waals surface area contributed by atoms with Gasteiger partial charge in [-0.1, -0.05) is 13.8 Å². The highest BCUT2D eigenvalue weighted by molar-refractivity contribution is 5.73. The second kappa shape index (κ2) is 3.73. The lowest BCUT2D eigenvalue weighted by atomic mass is 10.1. The summed E-state index contributed by atoms with van der Waals surface area (Å²) < 4.78 is 1.99. The summed E-state index contributed by atoms with van der Waals surface area (Å²) in [6.07, 6.45) is 1.75. The topological polar surface area (TPSA) is 34.9 Å². The number of hydrogen-bond acceptors (Lipinski definition) is 2. The molecule has 0 radical (unpaired) electrons. The molecule has 0 fully saturated rings. The summed E-state index contributed by atoms with van der Waals surface area (Å²) in [4.78, 5) is 14.9. The van der Waals surface area contributed by atoms with Gasteiger partial charge in [-0.3, -0.25) is 4.79 Å². The van der Waals surface area contributed by atoms with E-state index in [1.54, 1.807) is 0 Å². The van der Waals surface area contributed by atoms with Crippen molar-refractivity contribution in [3.63, 3.8) is 0 Å². The molecule has 1 aromatic heterocycles. The fourth-order valence-electron chi connectivity index (χ4n) is 1.40. The first-order valence-corrected chi connectivity index (χ1v) is 4.53. The van der Waals surface area contributed by atoms with Crippen LogP contribution >= 0.6 is 0 Å². The second-order valence-electron chi connectivity index (χ2n) is 3.77. The van der Waals surface area contributed by atoms with Crippen molar-refractivity contribution in [2.75, 3.05) is 0 Å². The molecule has 0 amide bonds. The van der Waals surface area contributed by atoms with E-state index in [2.05, 4.69) is 18.8 Å². The maximum absolute atomic E-state index is 10.7.